The average molecular weight is 408 g/mol. The smallest absolute Gasteiger partial charge is 0.131 e. The van der Waals surface area contributed by atoms with Crippen molar-refractivity contribution in [2.45, 2.75) is 97.3 Å². The number of hydrogen-bond donors (Lipinski definition) is 1. The van der Waals surface area contributed by atoms with E-state index in [1.54, 1.807) is 0 Å². The van der Waals surface area contributed by atoms with Gasteiger partial charge >= 0.3 is 0 Å². The highest BCUT2D eigenvalue weighted by Crippen LogP contribution is 2.50. The fourth-order valence-corrected chi connectivity index (χ4v) is 9.13. The van der Waals surface area contributed by atoms with Crippen LogP contribution >= 0.6 is 0 Å². The Labute approximate surface area is 180 Å². The Bertz CT molecular complexity index is 917. The topological polar surface area (TPSA) is 12.0 Å². The summed E-state index contributed by atoms with van der Waals surface area (Å²) in [5.74, 6) is 0. The number of hydrogen-bond acceptors (Lipinski definition) is 1. The summed E-state index contributed by atoms with van der Waals surface area (Å²) in [7, 11) is -1.80. The molecule has 1 aliphatic carbocycles. The fourth-order valence-electron chi connectivity index (χ4n) is 5.00. The van der Waals surface area contributed by atoms with Crippen molar-refractivity contribution in [1.29, 1.82) is 0 Å². The number of nitrogens with one attached hydrogen (secondary N) is 1. The van der Waals surface area contributed by atoms with Gasteiger partial charge in [0, 0.05) is 11.1 Å². The van der Waals surface area contributed by atoms with E-state index in [-0.39, 0.29) is 16.4 Å². The fraction of sp³-hybridized carbons (Fsp3) is 0.556. The highest BCUT2D eigenvalue weighted by atomic mass is 28.3. The normalized spacial score (nSPS) is 17.3. The second kappa shape index (κ2) is 6.82. The van der Waals surface area contributed by atoms with Gasteiger partial charge in [0.25, 0.3) is 0 Å². The quantitative estimate of drug-likeness (QED) is 0.507. The van der Waals surface area contributed by atoms with Crippen molar-refractivity contribution in [2.75, 3.05) is 0 Å². The minimum atomic E-state index is -1.80. The lowest BCUT2D eigenvalue weighted by Gasteiger charge is -2.39. The van der Waals surface area contributed by atoms with Crippen molar-refractivity contribution in [3.63, 3.8) is 0 Å². The summed E-state index contributed by atoms with van der Waals surface area (Å²) in [5, 5.41) is 0. The Morgan fingerprint density at radius 2 is 1.17 bits per heavy atom. The first-order valence-corrected chi connectivity index (χ1v) is 14.2. The maximum atomic E-state index is 4.06. The van der Waals surface area contributed by atoms with Gasteiger partial charge in [-0.2, -0.15) is 0 Å². The maximum absolute atomic E-state index is 4.06. The van der Waals surface area contributed by atoms with E-state index in [1.807, 2.05) is 0 Å². The molecule has 0 aliphatic heterocycles. The summed E-state index contributed by atoms with van der Waals surface area (Å²) < 4.78 is 0. The molecule has 29 heavy (non-hydrogen) atoms. The molecule has 1 N–H and O–H groups in total. The molecule has 2 heteroatoms. The van der Waals surface area contributed by atoms with Crippen molar-refractivity contribution in [3.05, 3.63) is 58.7 Å². The molecule has 1 aliphatic rings. The van der Waals surface area contributed by atoms with Gasteiger partial charge in [-0.15, -0.1) is 0 Å². The Balaban J connectivity index is 2.25. The molecule has 0 bridgehead atoms. The molecule has 1 nitrogen and oxygen atoms in total. The van der Waals surface area contributed by atoms with Gasteiger partial charge in [-0.25, -0.2) is 0 Å². The molecule has 1 unspecified atom stereocenters. The zero-order valence-corrected chi connectivity index (χ0v) is 21.5. The van der Waals surface area contributed by atoms with Crippen LogP contribution in [0, 0.1) is 0 Å². The van der Waals surface area contributed by atoms with Crippen molar-refractivity contribution in [3.8, 4) is 11.1 Å². The summed E-state index contributed by atoms with van der Waals surface area (Å²) in [5.41, 5.74) is 9.73. The minimum absolute atomic E-state index is 0.117. The third-order valence-electron chi connectivity index (χ3n) is 6.17. The first kappa shape index (κ1) is 22.3. The molecule has 158 valence electrons. The van der Waals surface area contributed by atoms with E-state index in [9.17, 15) is 0 Å². The number of rotatable bonds is 2. The van der Waals surface area contributed by atoms with Crippen molar-refractivity contribution in [1.82, 2.24) is 4.98 Å². The van der Waals surface area contributed by atoms with Crippen LogP contribution in [0.1, 0.15) is 90.1 Å². The number of benzene rings is 2. The van der Waals surface area contributed by atoms with Crippen LogP contribution in [-0.4, -0.2) is 13.8 Å². The number of fused-ring (bicyclic) bond motifs is 3. The summed E-state index contributed by atoms with van der Waals surface area (Å²) >= 11 is 0. The zero-order valence-electron chi connectivity index (χ0n) is 20.5. The highest BCUT2D eigenvalue weighted by molar-refractivity contribution is 6.77. The van der Waals surface area contributed by atoms with Gasteiger partial charge in [0.15, 0.2) is 0 Å². The van der Waals surface area contributed by atoms with Crippen LogP contribution in [0.15, 0.2) is 36.4 Å². The highest BCUT2D eigenvalue weighted by Gasteiger charge is 2.43. The largest absolute Gasteiger partial charge is 0.332 e. The Morgan fingerprint density at radius 3 is 1.69 bits per heavy atom. The predicted octanol–water partition coefficient (Wildman–Crippen LogP) is 7.53. The van der Waals surface area contributed by atoms with Gasteiger partial charge in [-0.3, -0.25) is 0 Å². The molecule has 0 radical (unpaired) electrons. The summed E-state index contributed by atoms with van der Waals surface area (Å²) in [6.07, 6.45) is 0. The van der Waals surface area contributed by atoms with Crippen LogP contribution in [0.2, 0.25) is 13.1 Å². The minimum Gasteiger partial charge on any atom is -0.332 e. The van der Waals surface area contributed by atoms with Crippen LogP contribution in [0.25, 0.3) is 11.1 Å². The maximum Gasteiger partial charge on any atom is 0.131 e. The van der Waals surface area contributed by atoms with Crippen LogP contribution in [0.4, 0.5) is 0 Å². The molecule has 3 rings (SSSR count). The van der Waals surface area contributed by atoms with E-state index in [1.165, 1.54) is 33.4 Å². The van der Waals surface area contributed by atoms with Gasteiger partial charge in [0.05, 0.1) is 0 Å². The third kappa shape index (κ3) is 4.39. The third-order valence-corrected chi connectivity index (χ3v) is 9.63. The molecule has 0 saturated heterocycles. The lowest BCUT2D eigenvalue weighted by Crippen LogP contribution is -2.58. The second-order valence-electron chi connectivity index (χ2n) is 12.6. The first-order chi connectivity index (χ1) is 13.0. The van der Waals surface area contributed by atoms with E-state index in [4.69, 9.17) is 0 Å². The molecule has 0 amide bonds. The Hall–Kier alpha value is -1.38. The molecule has 1 atom stereocenters. The molecule has 0 fully saturated rings. The van der Waals surface area contributed by atoms with Gasteiger partial charge in [-0.1, -0.05) is 91.0 Å². The molecule has 0 aromatic heterocycles. The summed E-state index contributed by atoms with van der Waals surface area (Å²) in [4.78, 5) is 4.06. The second-order valence-corrected chi connectivity index (χ2v) is 16.9. The van der Waals surface area contributed by atoms with E-state index in [0.717, 1.165) is 0 Å². The molecule has 2 aromatic carbocycles. The van der Waals surface area contributed by atoms with E-state index < -0.39 is 8.24 Å². The Kier molecular flexibility index (Phi) is 5.24. The average Bonchev–Trinajstić information content (AvgIpc) is 2.84. The monoisotopic (exact) mass is 407 g/mol. The van der Waals surface area contributed by atoms with E-state index >= 15 is 0 Å². The van der Waals surface area contributed by atoms with Gasteiger partial charge in [0.1, 0.15) is 8.24 Å². The van der Waals surface area contributed by atoms with Gasteiger partial charge in [-0.05, 0) is 65.0 Å². The molecule has 0 spiro atoms. The SMILES string of the molecule is CC(C)(C)N[Si](C)(C)C1c2ccc(C(C)(C)C)cc2-c2ccc(C(C)(C)C)cc21. The lowest BCUT2D eigenvalue weighted by molar-refractivity contribution is 0.508. The molecular weight excluding hydrogens is 366 g/mol. The molecular formula is C27H41NSi. The van der Waals surface area contributed by atoms with E-state index in [2.05, 4.69) is 117 Å². The molecule has 2 aromatic rings. The first-order valence-electron chi connectivity index (χ1n) is 11.1. The van der Waals surface area contributed by atoms with Crippen molar-refractivity contribution in [2.24, 2.45) is 0 Å². The lowest BCUT2D eigenvalue weighted by atomic mass is 9.84. The van der Waals surface area contributed by atoms with Crippen LogP contribution < -0.4 is 4.98 Å². The predicted molar refractivity (Wildman–Crippen MR) is 131 cm³/mol. The standard InChI is InChI=1S/C27H41NSi/c1-25(2,3)18-13-15-21-22(16-18)20-14-12-19(26(4,5)6)17-23(20)24(21)29(10,11)28-27(7,8)9/h12-17,24,28H,1-11H3. The molecule has 0 saturated carbocycles. The van der Waals surface area contributed by atoms with Crippen LogP contribution in [-0.2, 0) is 10.8 Å². The molecule has 0 heterocycles. The zero-order chi connectivity index (χ0) is 22.0. The van der Waals surface area contributed by atoms with E-state index in [0.29, 0.717) is 5.54 Å². The van der Waals surface area contributed by atoms with Gasteiger partial charge in [0.2, 0.25) is 0 Å². The Morgan fingerprint density at radius 1 is 0.655 bits per heavy atom. The van der Waals surface area contributed by atoms with Crippen LogP contribution in [0.3, 0.4) is 0 Å². The van der Waals surface area contributed by atoms with Crippen molar-refractivity contribution >= 4 is 8.24 Å². The van der Waals surface area contributed by atoms with Gasteiger partial charge < -0.3 is 4.98 Å². The van der Waals surface area contributed by atoms with Crippen LogP contribution in [0.5, 0.6) is 0 Å². The van der Waals surface area contributed by atoms with Crippen molar-refractivity contribution < 1.29 is 0 Å². The summed E-state index contributed by atoms with van der Waals surface area (Å²) in [6.45, 7) is 25.8. The summed E-state index contributed by atoms with van der Waals surface area (Å²) in [6, 6.07) is 14.5.